The summed E-state index contributed by atoms with van der Waals surface area (Å²) in [5.41, 5.74) is 10.4. The van der Waals surface area contributed by atoms with Crippen molar-refractivity contribution in [2.45, 2.75) is 12.5 Å². The van der Waals surface area contributed by atoms with Crippen LogP contribution in [0, 0.1) is 0 Å². The molecule has 0 spiro atoms. The number of halogens is 1. The van der Waals surface area contributed by atoms with Crippen molar-refractivity contribution in [1.29, 1.82) is 0 Å². The maximum absolute atomic E-state index is 12.7. The molecule has 164 valence electrons. The molecule has 0 aromatic heterocycles. The summed E-state index contributed by atoms with van der Waals surface area (Å²) in [5.74, 6) is -0.0211. The van der Waals surface area contributed by atoms with E-state index in [0.717, 1.165) is 29.7 Å². The number of hydrogen-bond donors (Lipinski definition) is 1. The Morgan fingerprint density at radius 2 is 1.87 bits per heavy atom. The van der Waals surface area contributed by atoms with Crippen LogP contribution in [0.1, 0.15) is 33.9 Å². The van der Waals surface area contributed by atoms with E-state index in [1.165, 1.54) is 0 Å². The Morgan fingerprint density at radius 1 is 1.16 bits per heavy atom. The van der Waals surface area contributed by atoms with E-state index in [9.17, 15) is 9.59 Å². The minimum Gasteiger partial charge on any atom is -0.398 e. The lowest BCUT2D eigenvalue weighted by Gasteiger charge is -2.32. The van der Waals surface area contributed by atoms with Crippen molar-refractivity contribution in [3.05, 3.63) is 70.3 Å². The first-order chi connectivity index (χ1) is 14.8. The first-order valence-corrected chi connectivity index (χ1v) is 10.6. The van der Waals surface area contributed by atoms with Crippen LogP contribution >= 0.6 is 11.6 Å². The number of rotatable bonds is 7. The van der Waals surface area contributed by atoms with Gasteiger partial charge in [0.25, 0.3) is 5.91 Å². The van der Waals surface area contributed by atoms with Gasteiger partial charge >= 0.3 is 0 Å². The second kappa shape index (κ2) is 9.98. The summed E-state index contributed by atoms with van der Waals surface area (Å²) >= 11 is 6.17. The van der Waals surface area contributed by atoms with Gasteiger partial charge in [-0.1, -0.05) is 29.8 Å². The number of carbonyl (C=O) groups excluding carboxylic acids is 2. The van der Waals surface area contributed by atoms with Crippen LogP contribution in [-0.2, 0) is 4.79 Å². The average Bonchev–Trinajstić information content (AvgIpc) is 2.78. The van der Waals surface area contributed by atoms with Crippen LogP contribution in [-0.4, -0.2) is 67.8 Å². The molecule has 1 unspecified atom stereocenters. The molecule has 7 heteroatoms. The Labute approximate surface area is 188 Å². The molecule has 3 rings (SSSR count). The Kier molecular flexibility index (Phi) is 7.36. The lowest BCUT2D eigenvalue weighted by atomic mass is 9.91. The average molecular weight is 441 g/mol. The van der Waals surface area contributed by atoms with Gasteiger partial charge in [0.1, 0.15) is 0 Å². The molecule has 0 radical (unpaired) electrons. The largest absolute Gasteiger partial charge is 0.398 e. The molecule has 2 aromatic carbocycles. The number of carbonyl (C=O) groups is 2. The zero-order chi connectivity index (χ0) is 22.5. The molecule has 1 aliphatic rings. The summed E-state index contributed by atoms with van der Waals surface area (Å²) in [4.78, 5) is 29.9. The van der Waals surface area contributed by atoms with Crippen LogP contribution in [0.3, 0.4) is 0 Å². The van der Waals surface area contributed by atoms with Gasteiger partial charge in [-0.2, -0.15) is 0 Å². The molecule has 2 N–H and O–H groups in total. The smallest absolute Gasteiger partial charge is 0.253 e. The van der Waals surface area contributed by atoms with Crippen LogP contribution in [0.2, 0.25) is 5.02 Å². The van der Waals surface area contributed by atoms with Gasteiger partial charge in [-0.05, 0) is 62.0 Å². The van der Waals surface area contributed by atoms with E-state index in [4.69, 9.17) is 17.3 Å². The molecule has 0 fully saturated rings. The van der Waals surface area contributed by atoms with E-state index >= 15 is 0 Å². The second-order valence-corrected chi connectivity index (χ2v) is 8.55. The zero-order valence-electron chi connectivity index (χ0n) is 18.2. The maximum Gasteiger partial charge on any atom is 0.253 e. The van der Waals surface area contributed by atoms with Gasteiger partial charge in [0.05, 0.1) is 6.04 Å². The third-order valence-corrected chi connectivity index (χ3v) is 5.82. The van der Waals surface area contributed by atoms with Gasteiger partial charge in [-0.3, -0.25) is 9.59 Å². The van der Waals surface area contributed by atoms with Crippen LogP contribution in [0.25, 0.3) is 5.57 Å². The first-order valence-electron chi connectivity index (χ1n) is 10.3. The van der Waals surface area contributed by atoms with Crippen LogP contribution in [0.15, 0.2) is 48.5 Å². The maximum atomic E-state index is 12.7. The molecule has 0 bridgehead atoms. The molecule has 1 atom stereocenters. The van der Waals surface area contributed by atoms with Crippen molar-refractivity contribution < 1.29 is 9.59 Å². The summed E-state index contributed by atoms with van der Waals surface area (Å²) in [5, 5.41) is 0.626. The minimum absolute atomic E-state index is 0.0211. The van der Waals surface area contributed by atoms with Crippen molar-refractivity contribution in [1.82, 2.24) is 14.7 Å². The summed E-state index contributed by atoms with van der Waals surface area (Å²) in [7, 11) is 5.77. The topological polar surface area (TPSA) is 69.9 Å². The van der Waals surface area contributed by atoms with Crippen molar-refractivity contribution in [2.75, 3.05) is 46.5 Å². The number of likely N-dealkylation sites (N-methyl/N-ethyl adjacent to an activating group) is 2. The van der Waals surface area contributed by atoms with E-state index in [1.807, 2.05) is 49.3 Å². The quantitative estimate of drug-likeness (QED) is 0.528. The number of anilines is 1. The van der Waals surface area contributed by atoms with Crippen LogP contribution < -0.4 is 5.73 Å². The van der Waals surface area contributed by atoms with Gasteiger partial charge in [0, 0.05) is 48.5 Å². The molecular weight excluding hydrogens is 412 g/mol. The number of nitrogens with zero attached hydrogens (tertiary/aromatic N) is 3. The summed E-state index contributed by atoms with van der Waals surface area (Å²) in [6.45, 7) is 2.04. The fourth-order valence-electron chi connectivity index (χ4n) is 3.69. The molecule has 2 aromatic rings. The molecule has 1 aliphatic heterocycles. The number of nitrogens with two attached hydrogens (primary N) is 1. The van der Waals surface area contributed by atoms with E-state index in [1.54, 1.807) is 29.0 Å². The molecule has 2 amide bonds. The van der Waals surface area contributed by atoms with Crippen molar-refractivity contribution >= 4 is 35.2 Å². The predicted octanol–water partition coefficient (Wildman–Crippen LogP) is 3.54. The highest BCUT2D eigenvalue weighted by Gasteiger charge is 2.24. The number of benzene rings is 2. The van der Waals surface area contributed by atoms with Crippen molar-refractivity contribution in [3.63, 3.8) is 0 Å². The van der Waals surface area contributed by atoms with Gasteiger partial charge in [0.15, 0.2) is 0 Å². The molecule has 0 saturated heterocycles. The minimum atomic E-state index is -0.227. The Hall–Kier alpha value is -2.83. The van der Waals surface area contributed by atoms with Crippen LogP contribution in [0.5, 0.6) is 0 Å². The normalized spacial score (nSPS) is 16.2. The Bertz CT molecular complexity index is 972. The summed E-state index contributed by atoms with van der Waals surface area (Å²) < 4.78 is 0. The van der Waals surface area contributed by atoms with Crippen molar-refractivity contribution in [3.8, 4) is 0 Å². The molecule has 1 heterocycles. The molecule has 31 heavy (non-hydrogen) atoms. The number of nitrogen functional groups attached to an aromatic ring is 1. The number of hydrogen-bond acceptors (Lipinski definition) is 4. The standard InChI is InChI=1S/C24H29ClN4O2/c1-27(2)12-13-28(3)24(31)18-6-4-17(5-7-18)23-14-19(10-11-29(23)16-30)21-15-20(25)8-9-22(21)26/h4-9,14-16,23H,10-13,26H2,1-3H3. The highest BCUT2D eigenvalue weighted by atomic mass is 35.5. The van der Waals surface area contributed by atoms with E-state index in [-0.39, 0.29) is 11.9 Å². The third-order valence-electron chi connectivity index (χ3n) is 5.58. The third kappa shape index (κ3) is 5.46. The highest BCUT2D eigenvalue weighted by Crippen LogP contribution is 2.35. The molecule has 6 nitrogen and oxygen atoms in total. The van der Waals surface area contributed by atoms with Crippen molar-refractivity contribution in [2.24, 2.45) is 0 Å². The van der Waals surface area contributed by atoms with Gasteiger partial charge in [-0.15, -0.1) is 0 Å². The molecular formula is C24H29ClN4O2. The molecule has 0 aliphatic carbocycles. The lowest BCUT2D eigenvalue weighted by Crippen LogP contribution is -2.33. The zero-order valence-corrected chi connectivity index (χ0v) is 19.0. The van der Waals surface area contributed by atoms with Gasteiger partial charge in [0.2, 0.25) is 6.41 Å². The Morgan fingerprint density at radius 3 is 2.52 bits per heavy atom. The Balaban J connectivity index is 1.84. The SMILES string of the molecule is CN(C)CCN(C)C(=O)c1ccc(C2C=C(c3cc(Cl)ccc3N)CCN2C=O)cc1. The fourth-order valence-corrected chi connectivity index (χ4v) is 3.86. The second-order valence-electron chi connectivity index (χ2n) is 8.11. The van der Waals surface area contributed by atoms with E-state index in [2.05, 4.69) is 6.08 Å². The molecule has 0 saturated carbocycles. The van der Waals surface area contributed by atoms with Gasteiger partial charge in [-0.25, -0.2) is 0 Å². The lowest BCUT2D eigenvalue weighted by molar-refractivity contribution is -0.119. The fraction of sp³-hybridized carbons (Fsp3) is 0.333. The number of amides is 2. The predicted molar refractivity (Wildman–Crippen MR) is 126 cm³/mol. The van der Waals surface area contributed by atoms with Crippen LogP contribution in [0.4, 0.5) is 5.69 Å². The summed E-state index contributed by atoms with van der Waals surface area (Å²) in [6.07, 6.45) is 3.63. The van der Waals surface area contributed by atoms with E-state index < -0.39 is 0 Å². The highest BCUT2D eigenvalue weighted by molar-refractivity contribution is 6.30. The first kappa shape index (κ1) is 22.8. The summed E-state index contributed by atoms with van der Waals surface area (Å²) in [6, 6.07) is 12.7. The monoisotopic (exact) mass is 440 g/mol. The van der Waals surface area contributed by atoms with E-state index in [0.29, 0.717) is 35.8 Å². The van der Waals surface area contributed by atoms with Gasteiger partial charge < -0.3 is 20.4 Å².